The fourth-order valence-corrected chi connectivity index (χ4v) is 7.65. The number of fused-ring (bicyclic) bond motifs is 3. The lowest BCUT2D eigenvalue weighted by Crippen LogP contribution is -2.66. The van der Waals surface area contributed by atoms with Gasteiger partial charge in [0, 0.05) is 11.5 Å². The molecule has 3 N–H and O–H groups in total. The molecule has 0 aliphatic heterocycles. The highest BCUT2D eigenvalue weighted by Crippen LogP contribution is 2.71. The normalized spacial score (nSPS) is 39.9. The molecule has 1 aromatic carbocycles. The van der Waals surface area contributed by atoms with E-state index >= 15 is 0 Å². The van der Waals surface area contributed by atoms with Crippen molar-refractivity contribution in [3.63, 3.8) is 0 Å². The SMILES string of the molecule is CO/N=C(/C(=O)O[C@H]1C(C)=C[C@@]23C(=O)[C@@H](C=C(CO)[C@@H](O)[C@]12O)[C@H]1[C@@H](C[C@H]3C)C1(C)C)c1ccccc1. The Labute approximate surface area is 216 Å². The zero-order valence-corrected chi connectivity index (χ0v) is 21.8. The van der Waals surface area contributed by atoms with Crippen LogP contribution < -0.4 is 0 Å². The molecule has 37 heavy (non-hydrogen) atoms. The number of aliphatic hydroxyl groups is 3. The molecule has 4 aliphatic rings. The molecular weight excluding hydrogens is 474 g/mol. The van der Waals surface area contributed by atoms with E-state index in [0.717, 1.165) is 0 Å². The Hall–Kier alpha value is -2.81. The lowest BCUT2D eigenvalue weighted by molar-refractivity contribution is -0.200. The van der Waals surface area contributed by atoms with E-state index in [1.807, 2.05) is 6.92 Å². The van der Waals surface area contributed by atoms with Gasteiger partial charge in [-0.3, -0.25) is 4.79 Å². The number of allylic oxidation sites excluding steroid dienone is 1. The van der Waals surface area contributed by atoms with Crippen LogP contribution in [0.1, 0.15) is 39.7 Å². The maximum Gasteiger partial charge on any atom is 0.361 e. The van der Waals surface area contributed by atoms with E-state index in [0.29, 0.717) is 17.6 Å². The van der Waals surface area contributed by atoms with Gasteiger partial charge < -0.3 is 24.9 Å². The molecule has 198 valence electrons. The molecule has 5 rings (SSSR count). The second-order valence-corrected chi connectivity index (χ2v) is 11.6. The van der Waals surface area contributed by atoms with Crippen LogP contribution >= 0.6 is 0 Å². The molecule has 2 saturated carbocycles. The van der Waals surface area contributed by atoms with E-state index in [4.69, 9.17) is 9.57 Å². The molecule has 0 unspecified atom stereocenters. The first-order chi connectivity index (χ1) is 17.5. The second kappa shape index (κ2) is 8.61. The number of Topliss-reactive ketones (excluding diaryl/α,β-unsaturated/α-hetero) is 1. The first-order valence-corrected chi connectivity index (χ1v) is 12.8. The zero-order valence-electron chi connectivity index (χ0n) is 21.8. The molecule has 1 spiro atoms. The minimum atomic E-state index is -2.21. The van der Waals surface area contributed by atoms with Crippen molar-refractivity contribution in [3.05, 3.63) is 59.2 Å². The molecule has 0 aromatic heterocycles. The maximum atomic E-state index is 14.4. The summed E-state index contributed by atoms with van der Waals surface area (Å²) in [7, 11) is 1.31. The van der Waals surface area contributed by atoms with E-state index in [9.17, 15) is 24.9 Å². The summed E-state index contributed by atoms with van der Waals surface area (Å²) in [6, 6.07) is 8.62. The predicted octanol–water partition coefficient (Wildman–Crippen LogP) is 2.42. The van der Waals surface area contributed by atoms with Gasteiger partial charge in [-0.25, -0.2) is 4.79 Å². The lowest BCUT2D eigenvalue weighted by Gasteiger charge is -2.48. The number of hydrogen-bond acceptors (Lipinski definition) is 8. The molecule has 2 fully saturated rings. The van der Waals surface area contributed by atoms with Crippen LogP contribution in [0.15, 0.2) is 58.8 Å². The molecule has 0 saturated heterocycles. The Bertz CT molecular complexity index is 1220. The third-order valence-corrected chi connectivity index (χ3v) is 9.54. The summed E-state index contributed by atoms with van der Waals surface area (Å²) >= 11 is 0. The van der Waals surface area contributed by atoms with Crippen LogP contribution in [0, 0.1) is 34.5 Å². The van der Waals surface area contributed by atoms with Crippen LogP contribution in [0.25, 0.3) is 0 Å². The predicted molar refractivity (Wildman–Crippen MR) is 135 cm³/mol. The van der Waals surface area contributed by atoms with Gasteiger partial charge in [-0.15, -0.1) is 0 Å². The zero-order chi connectivity index (χ0) is 26.9. The topological polar surface area (TPSA) is 126 Å². The number of ether oxygens (including phenoxy) is 1. The largest absolute Gasteiger partial charge is 0.450 e. The molecule has 4 aliphatic carbocycles. The number of carbonyl (C=O) groups excluding carboxylic acids is 2. The Kier molecular flexibility index (Phi) is 6.01. The van der Waals surface area contributed by atoms with Crippen molar-refractivity contribution >= 4 is 17.5 Å². The van der Waals surface area contributed by atoms with Gasteiger partial charge in [0.1, 0.15) is 13.2 Å². The molecule has 0 amide bonds. The summed E-state index contributed by atoms with van der Waals surface area (Å²) < 4.78 is 5.90. The summed E-state index contributed by atoms with van der Waals surface area (Å²) in [5.41, 5.74) is -2.79. The van der Waals surface area contributed by atoms with Crippen molar-refractivity contribution in [3.8, 4) is 0 Å². The van der Waals surface area contributed by atoms with Crippen molar-refractivity contribution in [1.82, 2.24) is 0 Å². The Morgan fingerprint density at radius 1 is 1.22 bits per heavy atom. The average molecular weight is 510 g/mol. The number of rotatable bonds is 5. The number of nitrogens with zero attached hydrogens (tertiary/aromatic N) is 1. The molecule has 0 radical (unpaired) electrons. The van der Waals surface area contributed by atoms with Gasteiger partial charge in [0.15, 0.2) is 23.2 Å². The number of esters is 1. The van der Waals surface area contributed by atoms with Gasteiger partial charge in [0.25, 0.3) is 0 Å². The quantitative estimate of drug-likeness (QED) is 0.241. The first kappa shape index (κ1) is 25.8. The maximum absolute atomic E-state index is 14.4. The van der Waals surface area contributed by atoms with E-state index in [1.165, 1.54) is 7.11 Å². The fourth-order valence-electron chi connectivity index (χ4n) is 7.65. The summed E-state index contributed by atoms with van der Waals surface area (Å²) in [6.07, 6.45) is 1.07. The van der Waals surface area contributed by atoms with Crippen LogP contribution in [0.3, 0.4) is 0 Å². The summed E-state index contributed by atoms with van der Waals surface area (Å²) in [5.74, 6) is -1.66. The number of aliphatic hydroxyl groups excluding tert-OH is 2. The fraction of sp³-hybridized carbons (Fsp3) is 0.552. The highest BCUT2D eigenvalue weighted by atomic mass is 16.6. The highest BCUT2D eigenvalue weighted by Gasteiger charge is 2.76. The third kappa shape index (κ3) is 3.35. The van der Waals surface area contributed by atoms with E-state index in [2.05, 4.69) is 19.0 Å². The Balaban J connectivity index is 1.61. The van der Waals surface area contributed by atoms with Crippen LogP contribution in [0.4, 0.5) is 0 Å². The second-order valence-electron chi connectivity index (χ2n) is 11.6. The number of hydrogen-bond donors (Lipinski definition) is 3. The Morgan fingerprint density at radius 3 is 2.51 bits per heavy atom. The van der Waals surface area contributed by atoms with Gasteiger partial charge in [-0.05, 0) is 47.7 Å². The van der Waals surface area contributed by atoms with Crippen molar-refractivity contribution in [2.24, 2.45) is 39.7 Å². The van der Waals surface area contributed by atoms with Gasteiger partial charge in [-0.2, -0.15) is 0 Å². The van der Waals surface area contributed by atoms with Crippen molar-refractivity contribution in [1.29, 1.82) is 0 Å². The number of carbonyl (C=O) groups is 2. The molecule has 0 heterocycles. The molecule has 8 nitrogen and oxygen atoms in total. The molecule has 8 atom stereocenters. The average Bonchev–Trinajstić information content (AvgIpc) is 3.36. The van der Waals surface area contributed by atoms with Gasteiger partial charge in [0.05, 0.1) is 12.0 Å². The highest BCUT2D eigenvalue weighted by molar-refractivity contribution is 6.43. The smallest absolute Gasteiger partial charge is 0.361 e. The summed E-state index contributed by atoms with van der Waals surface area (Å²) in [5, 5.41) is 38.2. The number of ketones is 1. The van der Waals surface area contributed by atoms with E-state index in [-0.39, 0.29) is 40.2 Å². The summed E-state index contributed by atoms with van der Waals surface area (Å²) in [4.78, 5) is 32.7. The van der Waals surface area contributed by atoms with Crippen LogP contribution in [0.2, 0.25) is 0 Å². The van der Waals surface area contributed by atoms with E-state index < -0.39 is 41.7 Å². The number of oxime groups is 1. The third-order valence-electron chi connectivity index (χ3n) is 9.54. The van der Waals surface area contributed by atoms with Crippen LogP contribution in [-0.4, -0.2) is 64.3 Å². The molecule has 1 aromatic rings. The summed E-state index contributed by atoms with van der Waals surface area (Å²) in [6.45, 7) is 7.36. The van der Waals surface area contributed by atoms with Crippen molar-refractivity contribution in [2.45, 2.75) is 51.9 Å². The first-order valence-electron chi connectivity index (χ1n) is 12.8. The van der Waals surface area contributed by atoms with Crippen LogP contribution in [0.5, 0.6) is 0 Å². The molecule has 2 bridgehead atoms. The minimum Gasteiger partial charge on any atom is -0.450 e. The molecule has 8 heteroatoms. The van der Waals surface area contributed by atoms with Gasteiger partial charge in [0.2, 0.25) is 0 Å². The van der Waals surface area contributed by atoms with Crippen molar-refractivity contribution in [2.75, 3.05) is 13.7 Å². The monoisotopic (exact) mass is 509 g/mol. The van der Waals surface area contributed by atoms with Crippen LogP contribution in [-0.2, 0) is 19.2 Å². The van der Waals surface area contributed by atoms with E-state index in [1.54, 1.807) is 49.4 Å². The van der Waals surface area contributed by atoms with Crippen molar-refractivity contribution < 1.29 is 34.5 Å². The van der Waals surface area contributed by atoms with Gasteiger partial charge in [-0.1, -0.05) is 68.4 Å². The minimum absolute atomic E-state index is 0.0479. The van der Waals surface area contributed by atoms with Gasteiger partial charge >= 0.3 is 5.97 Å². The number of benzene rings is 1. The molecular formula is C29H35NO7. The Morgan fingerprint density at radius 2 is 1.89 bits per heavy atom. The standard InChI is InChI=1S/C29H35NO7/c1-15-13-28-16(2)11-20-21(27(20,3)4)19(24(28)33)12-18(14-31)23(32)29(28,35)25(15)37-26(34)22(30-36-5)17-9-7-6-8-10-17/h6-10,12-13,16,19-21,23,25,31-32,35H,11,14H2,1-5H3/b30-22+/t16-,19+,20-,21+,23-,25+,28-,29+/m1/s1. The lowest BCUT2D eigenvalue weighted by atomic mass is 9.59.